The van der Waals surface area contributed by atoms with Crippen molar-refractivity contribution in [3.8, 4) is 22.3 Å². The first kappa shape index (κ1) is 35.7. The molecule has 0 atom stereocenters. The summed E-state index contributed by atoms with van der Waals surface area (Å²) in [4.78, 5) is 9.73. The van der Waals surface area contributed by atoms with Crippen molar-refractivity contribution in [2.45, 2.75) is 53.4 Å². The van der Waals surface area contributed by atoms with E-state index in [1.165, 1.54) is 78.9 Å². The summed E-state index contributed by atoms with van der Waals surface area (Å²) >= 11 is 1.65. The van der Waals surface area contributed by atoms with Crippen LogP contribution in [-0.2, 0) is 12.8 Å². The van der Waals surface area contributed by atoms with Crippen LogP contribution in [0.2, 0.25) is 0 Å². The Hall–Kier alpha value is -5.64. The Balaban J connectivity index is 0.000000119. The summed E-state index contributed by atoms with van der Waals surface area (Å²) in [7, 11) is 0. The zero-order valence-electron chi connectivity index (χ0n) is 31.1. The van der Waals surface area contributed by atoms with E-state index in [-0.39, 0.29) is 0 Å². The van der Waals surface area contributed by atoms with Gasteiger partial charge in [-0.2, -0.15) is 0 Å². The SMILES string of the molecule is CCC.CCC.c1ccc2c(c1)Cc1ccccc1-2.c1ccc2c(c1)Cc1ccccc1-2.c1ccc2c(c1)c1ccccc1c1nc3cscc3nc21. The molecule has 262 valence electrons. The van der Waals surface area contributed by atoms with Crippen LogP contribution in [0.1, 0.15) is 62.8 Å². The molecule has 2 aliphatic carbocycles. The van der Waals surface area contributed by atoms with Gasteiger partial charge >= 0.3 is 0 Å². The van der Waals surface area contributed by atoms with Crippen LogP contribution in [0, 0.1) is 0 Å². The Labute approximate surface area is 317 Å². The highest BCUT2D eigenvalue weighted by molar-refractivity contribution is 7.09. The van der Waals surface area contributed by atoms with Crippen LogP contribution < -0.4 is 0 Å². The smallest absolute Gasteiger partial charge is 0.100 e. The predicted molar refractivity (Wildman–Crippen MR) is 231 cm³/mol. The number of nitrogens with zero attached hydrogens (tertiary/aromatic N) is 2. The van der Waals surface area contributed by atoms with Crippen molar-refractivity contribution in [1.29, 1.82) is 0 Å². The lowest BCUT2D eigenvalue weighted by Crippen LogP contribution is -1.89. The van der Waals surface area contributed by atoms with E-state index in [4.69, 9.17) is 9.97 Å². The molecule has 0 saturated carbocycles. The van der Waals surface area contributed by atoms with E-state index < -0.39 is 0 Å². The summed E-state index contributed by atoms with van der Waals surface area (Å²) < 4.78 is 0. The van der Waals surface area contributed by atoms with E-state index in [1.54, 1.807) is 11.3 Å². The van der Waals surface area contributed by atoms with Crippen LogP contribution >= 0.6 is 11.3 Å². The molecule has 0 aliphatic heterocycles. The molecule has 7 aromatic carbocycles. The molecule has 0 fully saturated rings. The highest BCUT2D eigenvalue weighted by Gasteiger charge is 2.17. The highest BCUT2D eigenvalue weighted by Crippen LogP contribution is 2.37. The fourth-order valence-electron chi connectivity index (χ4n) is 7.18. The maximum Gasteiger partial charge on any atom is 0.100 e. The number of benzene rings is 7. The lowest BCUT2D eigenvalue weighted by Gasteiger charge is -2.08. The van der Waals surface area contributed by atoms with E-state index in [2.05, 4.69) is 184 Å². The van der Waals surface area contributed by atoms with Crippen molar-refractivity contribution in [1.82, 2.24) is 9.97 Å². The van der Waals surface area contributed by atoms with Gasteiger partial charge in [0.15, 0.2) is 0 Å². The van der Waals surface area contributed by atoms with Gasteiger partial charge in [-0.25, -0.2) is 9.97 Å². The summed E-state index contributed by atoms with van der Waals surface area (Å²) in [5, 5.41) is 8.95. The van der Waals surface area contributed by atoms with Gasteiger partial charge in [-0.1, -0.05) is 186 Å². The van der Waals surface area contributed by atoms with Gasteiger partial charge in [0.25, 0.3) is 0 Å². The summed E-state index contributed by atoms with van der Waals surface area (Å²) in [6.07, 6.45) is 4.71. The molecule has 9 aromatic rings. The molecule has 0 saturated heterocycles. The summed E-state index contributed by atoms with van der Waals surface area (Å²) in [5.41, 5.74) is 15.5. The number of aromatic nitrogens is 2. The third kappa shape index (κ3) is 7.49. The molecule has 0 radical (unpaired) electrons. The Morgan fingerprint density at radius 1 is 0.377 bits per heavy atom. The largest absolute Gasteiger partial charge is 0.243 e. The van der Waals surface area contributed by atoms with E-state index in [0.29, 0.717) is 0 Å². The zero-order valence-corrected chi connectivity index (χ0v) is 32.0. The van der Waals surface area contributed by atoms with Crippen LogP contribution in [0.15, 0.2) is 156 Å². The number of rotatable bonds is 0. The second-order valence-electron chi connectivity index (χ2n) is 13.6. The van der Waals surface area contributed by atoms with Gasteiger partial charge in [0.1, 0.15) is 11.0 Å². The van der Waals surface area contributed by atoms with Crippen LogP contribution in [0.4, 0.5) is 0 Å². The van der Waals surface area contributed by atoms with Gasteiger partial charge in [-0.05, 0) is 68.1 Å². The first-order valence-electron chi connectivity index (χ1n) is 18.9. The van der Waals surface area contributed by atoms with Gasteiger partial charge in [-0.15, -0.1) is 11.3 Å². The first-order chi connectivity index (χ1) is 26.1. The van der Waals surface area contributed by atoms with Gasteiger partial charge in [0.2, 0.25) is 0 Å². The predicted octanol–water partition coefficient (Wildman–Crippen LogP) is 14.5. The molecule has 11 rings (SSSR count). The van der Waals surface area contributed by atoms with Gasteiger partial charge in [-0.3, -0.25) is 0 Å². The molecule has 2 heterocycles. The number of hydrogen-bond donors (Lipinski definition) is 0. The van der Waals surface area contributed by atoms with Crippen molar-refractivity contribution in [2.75, 3.05) is 0 Å². The average Bonchev–Trinajstić information content (AvgIpc) is 3.94. The Morgan fingerprint density at radius 3 is 0.962 bits per heavy atom. The second-order valence-corrected chi connectivity index (χ2v) is 14.3. The van der Waals surface area contributed by atoms with E-state index >= 15 is 0 Å². The van der Waals surface area contributed by atoms with Crippen molar-refractivity contribution in [3.05, 3.63) is 179 Å². The quantitative estimate of drug-likeness (QED) is 0.147. The molecule has 2 nitrogen and oxygen atoms in total. The molecule has 0 spiro atoms. The molecule has 0 unspecified atom stereocenters. The second kappa shape index (κ2) is 16.8. The van der Waals surface area contributed by atoms with E-state index in [0.717, 1.165) is 34.9 Å². The lowest BCUT2D eigenvalue weighted by atomic mass is 9.99. The molecule has 0 N–H and O–H groups in total. The van der Waals surface area contributed by atoms with Crippen LogP contribution in [0.3, 0.4) is 0 Å². The van der Waals surface area contributed by atoms with Crippen molar-refractivity contribution >= 4 is 54.9 Å². The monoisotopic (exact) mass is 706 g/mol. The third-order valence-corrected chi connectivity index (χ3v) is 10.1. The number of fused-ring (bicyclic) bond motifs is 13. The number of thiophene rings is 1. The molecule has 53 heavy (non-hydrogen) atoms. The van der Waals surface area contributed by atoms with Gasteiger partial charge in [0, 0.05) is 21.5 Å². The third-order valence-electron chi connectivity index (χ3n) is 9.38. The summed E-state index contributed by atoms with van der Waals surface area (Å²) in [6, 6.07) is 51.5. The minimum atomic E-state index is 0.980. The van der Waals surface area contributed by atoms with Crippen LogP contribution in [-0.4, -0.2) is 9.97 Å². The fraction of sp³-hybridized carbons (Fsp3) is 0.160. The van der Waals surface area contributed by atoms with Gasteiger partial charge < -0.3 is 0 Å². The molecule has 3 heteroatoms. The van der Waals surface area contributed by atoms with Gasteiger partial charge in [0.05, 0.1) is 11.0 Å². The van der Waals surface area contributed by atoms with Crippen LogP contribution in [0.5, 0.6) is 0 Å². The van der Waals surface area contributed by atoms with E-state index in [9.17, 15) is 0 Å². The minimum Gasteiger partial charge on any atom is -0.243 e. The Morgan fingerprint density at radius 2 is 0.642 bits per heavy atom. The minimum absolute atomic E-state index is 0.980. The maximum atomic E-state index is 4.86. The molecular formula is C50H46N2S. The molecular weight excluding hydrogens is 661 g/mol. The van der Waals surface area contributed by atoms with E-state index in [1.807, 2.05) is 0 Å². The lowest BCUT2D eigenvalue weighted by molar-refractivity contribution is 1.09. The summed E-state index contributed by atoms with van der Waals surface area (Å²) in [6.45, 7) is 8.50. The summed E-state index contributed by atoms with van der Waals surface area (Å²) in [5.74, 6) is 0. The Bertz CT molecular complexity index is 2370. The normalized spacial score (nSPS) is 11.4. The average molecular weight is 707 g/mol. The van der Waals surface area contributed by atoms with Crippen molar-refractivity contribution < 1.29 is 0 Å². The van der Waals surface area contributed by atoms with Crippen LogP contribution in [0.25, 0.3) is 65.9 Å². The first-order valence-corrected chi connectivity index (χ1v) is 19.8. The molecule has 0 amide bonds. The molecule has 2 aromatic heterocycles. The zero-order chi connectivity index (χ0) is 36.6. The molecule has 2 aliphatic rings. The maximum absolute atomic E-state index is 4.86. The fourth-order valence-corrected chi connectivity index (χ4v) is 7.85. The molecule has 0 bridgehead atoms. The topological polar surface area (TPSA) is 25.8 Å². The standard InChI is InChI=1S/C18H10N2S.2C13H10.2C3H8/c1-3-7-13-11(5-1)12-6-2-4-8-14(12)18-17(13)19-15-9-21-10-16(15)20-18;2*1-3-7-12-10(5-1)9-11-6-2-4-8-13(11)12;2*1-3-2/h1-10H;2*1-8H,9H2;2*3H2,1-2H3. The highest BCUT2D eigenvalue weighted by atomic mass is 32.1. The Kier molecular flexibility index (Phi) is 11.3. The van der Waals surface area contributed by atoms with Crippen molar-refractivity contribution in [2.24, 2.45) is 0 Å². The number of hydrogen-bond acceptors (Lipinski definition) is 3. The van der Waals surface area contributed by atoms with Crippen molar-refractivity contribution in [3.63, 3.8) is 0 Å².